The number of carboxylic acids is 1. The van der Waals surface area contributed by atoms with Crippen LogP contribution in [0, 0.1) is 5.92 Å². The molecule has 0 aliphatic carbocycles. The molecule has 0 bridgehead atoms. The molecular weight excluding hydrogens is 246 g/mol. The molecule has 1 aliphatic rings. The Morgan fingerprint density at radius 2 is 2.05 bits per heavy atom. The number of likely N-dealkylation sites (tertiary alicyclic amines) is 1. The normalized spacial score (nSPS) is 18.3. The SMILES string of the molecule is O=C(O)C[C@@H]1CCN(C(=O)OCc2ccccc2)C1. The third-order valence-corrected chi connectivity index (χ3v) is 3.21. The van der Waals surface area contributed by atoms with Crippen molar-refractivity contribution in [2.45, 2.75) is 19.4 Å². The Kier molecular flexibility index (Phi) is 4.39. The highest BCUT2D eigenvalue weighted by Crippen LogP contribution is 2.20. The predicted octanol–water partition coefficient (Wildman–Crippen LogP) is 2.12. The van der Waals surface area contributed by atoms with E-state index in [1.54, 1.807) is 4.90 Å². The topological polar surface area (TPSA) is 66.8 Å². The van der Waals surface area contributed by atoms with Crippen LogP contribution in [0.2, 0.25) is 0 Å². The number of benzene rings is 1. The lowest BCUT2D eigenvalue weighted by atomic mass is 10.1. The van der Waals surface area contributed by atoms with Crippen LogP contribution in [0.15, 0.2) is 30.3 Å². The van der Waals surface area contributed by atoms with Crippen molar-refractivity contribution in [3.63, 3.8) is 0 Å². The average molecular weight is 263 g/mol. The highest BCUT2D eigenvalue weighted by molar-refractivity contribution is 5.69. The number of nitrogens with zero attached hydrogens (tertiary/aromatic N) is 1. The van der Waals surface area contributed by atoms with Crippen LogP contribution in [0.3, 0.4) is 0 Å². The maximum absolute atomic E-state index is 11.8. The molecule has 102 valence electrons. The smallest absolute Gasteiger partial charge is 0.410 e. The third-order valence-electron chi connectivity index (χ3n) is 3.21. The minimum Gasteiger partial charge on any atom is -0.481 e. The number of hydrogen-bond acceptors (Lipinski definition) is 3. The molecule has 1 saturated heterocycles. The lowest BCUT2D eigenvalue weighted by Crippen LogP contribution is -2.29. The first kappa shape index (κ1) is 13.4. The van der Waals surface area contributed by atoms with E-state index < -0.39 is 5.97 Å². The third kappa shape index (κ3) is 3.98. The summed E-state index contributed by atoms with van der Waals surface area (Å²) in [7, 11) is 0. The zero-order valence-corrected chi connectivity index (χ0v) is 10.6. The second kappa shape index (κ2) is 6.22. The Hall–Kier alpha value is -2.04. The van der Waals surface area contributed by atoms with Crippen LogP contribution in [-0.2, 0) is 16.1 Å². The molecule has 1 aliphatic heterocycles. The molecule has 1 N–H and O–H groups in total. The van der Waals surface area contributed by atoms with Gasteiger partial charge in [-0.3, -0.25) is 4.79 Å². The van der Waals surface area contributed by atoms with Gasteiger partial charge in [0.1, 0.15) is 6.61 Å². The quantitative estimate of drug-likeness (QED) is 0.903. The van der Waals surface area contributed by atoms with Gasteiger partial charge in [0, 0.05) is 19.5 Å². The number of aliphatic carboxylic acids is 1. The van der Waals surface area contributed by atoms with Gasteiger partial charge in [-0.05, 0) is 17.9 Å². The van der Waals surface area contributed by atoms with Gasteiger partial charge in [0.25, 0.3) is 0 Å². The molecule has 0 aromatic heterocycles. The fourth-order valence-electron chi connectivity index (χ4n) is 2.22. The monoisotopic (exact) mass is 263 g/mol. The molecule has 0 spiro atoms. The predicted molar refractivity (Wildman–Crippen MR) is 68.6 cm³/mol. The van der Waals surface area contributed by atoms with Gasteiger partial charge in [-0.25, -0.2) is 4.79 Å². The Bertz CT molecular complexity index is 446. The van der Waals surface area contributed by atoms with E-state index >= 15 is 0 Å². The van der Waals surface area contributed by atoms with E-state index in [9.17, 15) is 9.59 Å². The van der Waals surface area contributed by atoms with Gasteiger partial charge < -0.3 is 14.7 Å². The van der Waals surface area contributed by atoms with E-state index in [1.807, 2.05) is 30.3 Å². The summed E-state index contributed by atoms with van der Waals surface area (Å²) in [6.45, 7) is 1.30. The van der Waals surface area contributed by atoms with E-state index in [4.69, 9.17) is 9.84 Å². The van der Waals surface area contributed by atoms with Gasteiger partial charge in [-0.2, -0.15) is 0 Å². The Morgan fingerprint density at radius 3 is 2.74 bits per heavy atom. The first-order valence-corrected chi connectivity index (χ1v) is 6.32. The average Bonchev–Trinajstić information content (AvgIpc) is 2.85. The van der Waals surface area contributed by atoms with Gasteiger partial charge in [-0.1, -0.05) is 30.3 Å². The summed E-state index contributed by atoms with van der Waals surface area (Å²) >= 11 is 0. The zero-order valence-electron chi connectivity index (χ0n) is 10.6. The number of carbonyl (C=O) groups excluding carboxylic acids is 1. The molecule has 5 heteroatoms. The molecule has 0 unspecified atom stereocenters. The first-order chi connectivity index (χ1) is 9.15. The molecule has 1 aromatic rings. The van der Waals surface area contributed by atoms with Crippen molar-refractivity contribution < 1.29 is 19.4 Å². The Balaban J connectivity index is 1.77. The zero-order chi connectivity index (χ0) is 13.7. The molecule has 2 rings (SSSR count). The van der Waals surface area contributed by atoms with E-state index in [0.29, 0.717) is 13.1 Å². The highest BCUT2D eigenvalue weighted by atomic mass is 16.6. The van der Waals surface area contributed by atoms with Crippen molar-refractivity contribution in [1.82, 2.24) is 4.90 Å². The Labute approximate surface area is 111 Å². The summed E-state index contributed by atoms with van der Waals surface area (Å²) in [6, 6.07) is 9.47. The minimum atomic E-state index is -0.815. The van der Waals surface area contributed by atoms with Gasteiger partial charge in [0.05, 0.1) is 0 Å². The molecule has 5 nitrogen and oxygen atoms in total. The van der Waals surface area contributed by atoms with Crippen molar-refractivity contribution in [1.29, 1.82) is 0 Å². The largest absolute Gasteiger partial charge is 0.481 e. The van der Waals surface area contributed by atoms with Crippen molar-refractivity contribution in [3.8, 4) is 0 Å². The first-order valence-electron chi connectivity index (χ1n) is 6.32. The van der Waals surface area contributed by atoms with E-state index in [-0.39, 0.29) is 25.0 Å². The standard InChI is InChI=1S/C14H17NO4/c16-13(17)8-12-6-7-15(9-12)14(18)19-10-11-4-2-1-3-5-11/h1-5,12H,6-10H2,(H,16,17)/t12-/m0/s1. The highest BCUT2D eigenvalue weighted by Gasteiger charge is 2.28. The lowest BCUT2D eigenvalue weighted by molar-refractivity contribution is -0.138. The van der Waals surface area contributed by atoms with Crippen molar-refractivity contribution in [3.05, 3.63) is 35.9 Å². The molecule has 0 radical (unpaired) electrons. The van der Waals surface area contributed by atoms with Gasteiger partial charge in [-0.15, -0.1) is 0 Å². The van der Waals surface area contributed by atoms with Crippen LogP contribution >= 0.6 is 0 Å². The maximum atomic E-state index is 11.8. The van der Waals surface area contributed by atoms with E-state index in [1.165, 1.54) is 0 Å². The number of carbonyl (C=O) groups is 2. The van der Waals surface area contributed by atoms with E-state index in [0.717, 1.165) is 12.0 Å². The molecule has 1 amide bonds. The van der Waals surface area contributed by atoms with Crippen LogP contribution < -0.4 is 0 Å². The van der Waals surface area contributed by atoms with Crippen LogP contribution in [0.4, 0.5) is 4.79 Å². The molecular formula is C14H17NO4. The van der Waals surface area contributed by atoms with Gasteiger partial charge in [0.15, 0.2) is 0 Å². The number of carboxylic acid groups (broad SMARTS) is 1. The molecule has 1 heterocycles. The minimum absolute atomic E-state index is 0.0433. The number of ether oxygens (including phenoxy) is 1. The molecule has 0 saturated carbocycles. The van der Waals surface area contributed by atoms with Crippen LogP contribution in [0.5, 0.6) is 0 Å². The van der Waals surface area contributed by atoms with Gasteiger partial charge >= 0.3 is 12.1 Å². The van der Waals surface area contributed by atoms with E-state index in [2.05, 4.69) is 0 Å². The summed E-state index contributed by atoms with van der Waals surface area (Å²) in [6.07, 6.45) is 0.478. The second-order valence-electron chi connectivity index (χ2n) is 4.74. The lowest BCUT2D eigenvalue weighted by Gasteiger charge is -2.16. The number of rotatable bonds is 4. The number of amides is 1. The molecule has 1 fully saturated rings. The van der Waals surface area contributed by atoms with Crippen molar-refractivity contribution >= 4 is 12.1 Å². The summed E-state index contributed by atoms with van der Waals surface area (Å²) in [5.41, 5.74) is 0.942. The summed E-state index contributed by atoms with van der Waals surface area (Å²) < 4.78 is 5.20. The van der Waals surface area contributed by atoms with Gasteiger partial charge in [0.2, 0.25) is 0 Å². The fourth-order valence-corrected chi connectivity index (χ4v) is 2.22. The molecule has 19 heavy (non-hydrogen) atoms. The molecule has 1 atom stereocenters. The number of hydrogen-bond donors (Lipinski definition) is 1. The van der Waals surface area contributed by atoms with Crippen LogP contribution in [0.25, 0.3) is 0 Å². The fraction of sp³-hybridized carbons (Fsp3) is 0.429. The summed E-state index contributed by atoms with van der Waals surface area (Å²) in [4.78, 5) is 24.0. The second-order valence-corrected chi connectivity index (χ2v) is 4.74. The van der Waals surface area contributed by atoms with Crippen LogP contribution in [0.1, 0.15) is 18.4 Å². The summed E-state index contributed by atoms with van der Waals surface area (Å²) in [5.74, 6) is -0.772. The van der Waals surface area contributed by atoms with Crippen LogP contribution in [-0.4, -0.2) is 35.2 Å². The Morgan fingerprint density at radius 1 is 1.32 bits per heavy atom. The van der Waals surface area contributed by atoms with Crippen molar-refractivity contribution in [2.75, 3.05) is 13.1 Å². The molecule has 1 aromatic carbocycles. The summed E-state index contributed by atoms with van der Waals surface area (Å²) in [5, 5.41) is 8.72. The van der Waals surface area contributed by atoms with Crippen molar-refractivity contribution in [2.24, 2.45) is 5.92 Å². The maximum Gasteiger partial charge on any atom is 0.410 e.